The molecular formula is C28H24Br2ClN3O5. The van der Waals surface area contributed by atoms with E-state index < -0.39 is 5.97 Å². The quantitative estimate of drug-likeness (QED) is 0.180. The van der Waals surface area contributed by atoms with Crippen molar-refractivity contribution in [3.05, 3.63) is 95.4 Å². The van der Waals surface area contributed by atoms with E-state index in [0.29, 0.717) is 44.5 Å². The Morgan fingerprint density at radius 3 is 2.72 bits per heavy atom. The van der Waals surface area contributed by atoms with E-state index in [1.807, 2.05) is 12.1 Å². The summed E-state index contributed by atoms with van der Waals surface area (Å²) in [5.74, 6) is 0.163. The van der Waals surface area contributed by atoms with Crippen molar-refractivity contribution in [2.75, 3.05) is 7.11 Å². The minimum atomic E-state index is -1.02. The summed E-state index contributed by atoms with van der Waals surface area (Å²) in [6.45, 7) is 2.15. The third-order valence-corrected chi connectivity index (χ3v) is 7.81. The molecule has 4 rings (SSSR count). The SMILES string of the molecule is CCCCc1nc2ccc(Br)cc2c(=O)n1N=Cc1cc(OC)c(OCc2cccc(C(=O)O)c2)c(Cl)c1Br. The van der Waals surface area contributed by atoms with Crippen molar-refractivity contribution in [3.63, 3.8) is 0 Å². The first-order chi connectivity index (χ1) is 18.7. The summed E-state index contributed by atoms with van der Waals surface area (Å²) in [7, 11) is 1.48. The Hall–Kier alpha value is -3.21. The van der Waals surface area contributed by atoms with Crippen LogP contribution in [-0.4, -0.2) is 34.1 Å². The van der Waals surface area contributed by atoms with Crippen molar-refractivity contribution in [2.24, 2.45) is 5.10 Å². The lowest BCUT2D eigenvalue weighted by Crippen LogP contribution is -2.22. The molecule has 0 atom stereocenters. The zero-order chi connectivity index (χ0) is 28.1. The van der Waals surface area contributed by atoms with Gasteiger partial charge in [0.2, 0.25) is 0 Å². The van der Waals surface area contributed by atoms with Crippen molar-refractivity contribution in [1.82, 2.24) is 9.66 Å². The van der Waals surface area contributed by atoms with Crippen LogP contribution in [-0.2, 0) is 13.0 Å². The molecule has 0 fully saturated rings. The number of aromatic nitrogens is 2. The van der Waals surface area contributed by atoms with Crippen LogP contribution in [0.1, 0.15) is 47.1 Å². The van der Waals surface area contributed by atoms with Gasteiger partial charge in [0, 0.05) is 20.9 Å². The number of carbonyl (C=O) groups is 1. The predicted octanol–water partition coefficient (Wildman–Crippen LogP) is 7.09. The highest BCUT2D eigenvalue weighted by Gasteiger charge is 2.18. The lowest BCUT2D eigenvalue weighted by Gasteiger charge is -2.15. The maximum absolute atomic E-state index is 13.4. The van der Waals surface area contributed by atoms with Crippen LogP contribution in [0.4, 0.5) is 0 Å². The van der Waals surface area contributed by atoms with Gasteiger partial charge in [-0.15, -0.1) is 0 Å². The van der Waals surface area contributed by atoms with Crippen LogP contribution < -0.4 is 15.0 Å². The molecule has 1 aromatic heterocycles. The van der Waals surface area contributed by atoms with Crippen LogP contribution in [0, 0.1) is 0 Å². The van der Waals surface area contributed by atoms with Crippen molar-refractivity contribution < 1.29 is 19.4 Å². The van der Waals surface area contributed by atoms with E-state index in [1.165, 1.54) is 30.1 Å². The first-order valence-corrected chi connectivity index (χ1v) is 14.0. The Labute approximate surface area is 246 Å². The van der Waals surface area contributed by atoms with Crippen LogP contribution in [0.3, 0.4) is 0 Å². The fourth-order valence-corrected chi connectivity index (χ4v) is 4.88. The molecule has 3 aromatic carbocycles. The third-order valence-electron chi connectivity index (χ3n) is 5.87. The molecule has 0 unspecified atom stereocenters. The number of nitrogens with zero attached hydrogens (tertiary/aromatic N) is 3. The zero-order valence-electron chi connectivity index (χ0n) is 21.1. The number of fused-ring (bicyclic) bond motifs is 1. The van der Waals surface area contributed by atoms with Crippen LogP contribution in [0.15, 0.2) is 67.4 Å². The Morgan fingerprint density at radius 1 is 1.21 bits per heavy atom. The summed E-state index contributed by atoms with van der Waals surface area (Å²) >= 11 is 13.6. The van der Waals surface area contributed by atoms with Gasteiger partial charge in [-0.05, 0) is 64.3 Å². The molecule has 11 heteroatoms. The smallest absolute Gasteiger partial charge is 0.335 e. The minimum absolute atomic E-state index is 0.0750. The summed E-state index contributed by atoms with van der Waals surface area (Å²) < 4.78 is 14.0. The maximum atomic E-state index is 13.4. The third kappa shape index (κ3) is 6.51. The van der Waals surface area contributed by atoms with Gasteiger partial charge in [0.1, 0.15) is 17.5 Å². The molecule has 0 aliphatic heterocycles. The summed E-state index contributed by atoms with van der Waals surface area (Å²) in [4.78, 5) is 29.3. The molecule has 0 radical (unpaired) electrons. The second kappa shape index (κ2) is 12.8. The first kappa shape index (κ1) is 28.8. The molecule has 0 bridgehead atoms. The molecule has 1 heterocycles. The number of aryl methyl sites for hydroxylation is 1. The Morgan fingerprint density at radius 2 is 2.00 bits per heavy atom. The van der Waals surface area contributed by atoms with E-state index in [-0.39, 0.29) is 28.5 Å². The molecule has 1 N–H and O–H groups in total. The Kier molecular flexibility index (Phi) is 9.42. The van der Waals surface area contributed by atoms with Gasteiger partial charge in [-0.2, -0.15) is 9.78 Å². The Balaban J connectivity index is 1.70. The molecule has 202 valence electrons. The molecule has 8 nitrogen and oxygen atoms in total. The van der Waals surface area contributed by atoms with E-state index in [2.05, 4.69) is 43.9 Å². The number of methoxy groups -OCH3 is 1. The summed E-state index contributed by atoms with van der Waals surface area (Å²) in [6.07, 6.45) is 3.91. The number of ether oxygens (including phenoxy) is 2. The summed E-state index contributed by atoms with van der Waals surface area (Å²) in [6, 6.07) is 13.5. The number of carboxylic acid groups (broad SMARTS) is 1. The number of unbranched alkanes of at least 4 members (excludes halogenated alkanes) is 1. The van der Waals surface area contributed by atoms with E-state index in [9.17, 15) is 14.7 Å². The molecule has 0 aliphatic carbocycles. The van der Waals surface area contributed by atoms with E-state index in [0.717, 1.165) is 17.3 Å². The number of aromatic carboxylic acids is 1. The van der Waals surface area contributed by atoms with Crippen LogP contribution in [0.5, 0.6) is 11.5 Å². The maximum Gasteiger partial charge on any atom is 0.335 e. The molecular weight excluding hydrogens is 654 g/mol. The fraction of sp³-hybridized carbons (Fsp3) is 0.214. The summed E-state index contributed by atoms with van der Waals surface area (Å²) in [5, 5.41) is 14.4. The highest BCUT2D eigenvalue weighted by molar-refractivity contribution is 9.10. The van der Waals surface area contributed by atoms with Gasteiger partial charge in [-0.25, -0.2) is 9.78 Å². The topological polar surface area (TPSA) is 103 Å². The summed E-state index contributed by atoms with van der Waals surface area (Å²) in [5.41, 5.74) is 1.71. The lowest BCUT2D eigenvalue weighted by atomic mass is 10.1. The van der Waals surface area contributed by atoms with Crippen LogP contribution >= 0.6 is 43.5 Å². The molecule has 0 saturated heterocycles. The standard InChI is InChI=1S/C28H24Br2ClN3O5/c1-3-4-8-23-33-21-10-9-19(29)13-20(21)27(35)34(23)32-14-18-12-22(38-2)26(25(31)24(18)30)39-15-16-6-5-7-17(11-16)28(36)37/h5-7,9-14H,3-4,8,15H2,1-2H3,(H,36,37). The average molecular weight is 678 g/mol. The number of hydrogen-bond acceptors (Lipinski definition) is 6. The molecule has 0 aliphatic rings. The van der Waals surface area contributed by atoms with Gasteiger partial charge in [0.25, 0.3) is 5.56 Å². The van der Waals surface area contributed by atoms with Crippen LogP contribution in [0.25, 0.3) is 10.9 Å². The molecule has 0 spiro atoms. The van der Waals surface area contributed by atoms with Gasteiger partial charge in [-0.3, -0.25) is 4.79 Å². The van der Waals surface area contributed by atoms with Gasteiger partial charge >= 0.3 is 5.97 Å². The number of carboxylic acids is 1. The highest BCUT2D eigenvalue weighted by Crippen LogP contribution is 2.42. The highest BCUT2D eigenvalue weighted by atomic mass is 79.9. The molecule has 4 aromatic rings. The Bertz CT molecular complexity index is 1640. The van der Waals surface area contributed by atoms with Gasteiger partial charge < -0.3 is 14.6 Å². The van der Waals surface area contributed by atoms with Gasteiger partial charge in [-0.1, -0.05) is 53.0 Å². The second-order valence-corrected chi connectivity index (χ2v) is 10.7. The lowest BCUT2D eigenvalue weighted by molar-refractivity contribution is 0.0696. The first-order valence-electron chi connectivity index (χ1n) is 12.0. The molecule has 0 saturated carbocycles. The van der Waals surface area contributed by atoms with Crippen molar-refractivity contribution >= 4 is 66.5 Å². The fourth-order valence-electron chi connectivity index (χ4n) is 3.86. The van der Waals surface area contributed by atoms with E-state index in [4.69, 9.17) is 26.1 Å². The zero-order valence-corrected chi connectivity index (χ0v) is 25.0. The van der Waals surface area contributed by atoms with Crippen molar-refractivity contribution in [3.8, 4) is 11.5 Å². The minimum Gasteiger partial charge on any atom is -0.493 e. The molecule has 39 heavy (non-hydrogen) atoms. The normalized spacial score (nSPS) is 11.3. The predicted molar refractivity (Wildman–Crippen MR) is 159 cm³/mol. The van der Waals surface area contributed by atoms with Crippen molar-refractivity contribution in [1.29, 1.82) is 0 Å². The number of benzene rings is 3. The number of halogens is 3. The number of hydrogen-bond donors (Lipinski definition) is 1. The largest absolute Gasteiger partial charge is 0.493 e. The average Bonchev–Trinajstić information content (AvgIpc) is 2.93. The van der Waals surface area contributed by atoms with E-state index >= 15 is 0 Å². The van der Waals surface area contributed by atoms with Gasteiger partial charge in [0.05, 0.1) is 29.8 Å². The van der Waals surface area contributed by atoms with Gasteiger partial charge in [0.15, 0.2) is 11.5 Å². The molecule has 0 amide bonds. The number of rotatable bonds is 10. The van der Waals surface area contributed by atoms with Crippen molar-refractivity contribution in [2.45, 2.75) is 32.8 Å². The second-order valence-electron chi connectivity index (χ2n) is 8.57. The monoisotopic (exact) mass is 675 g/mol. The van der Waals surface area contributed by atoms with Crippen LogP contribution in [0.2, 0.25) is 5.02 Å². The van der Waals surface area contributed by atoms with E-state index in [1.54, 1.807) is 24.3 Å².